The second kappa shape index (κ2) is 3.64. The van der Waals surface area contributed by atoms with E-state index in [9.17, 15) is 0 Å². The summed E-state index contributed by atoms with van der Waals surface area (Å²) in [4.78, 5) is 0. The molecule has 0 amide bonds. The highest BCUT2D eigenvalue weighted by molar-refractivity contribution is 6.15. The smallest absolute Gasteiger partial charge is 0.0671 e. The Morgan fingerprint density at radius 2 is 1.55 bits per heavy atom. The summed E-state index contributed by atoms with van der Waals surface area (Å²) >= 11 is 0. The van der Waals surface area contributed by atoms with E-state index in [0.29, 0.717) is 0 Å². The van der Waals surface area contributed by atoms with Crippen molar-refractivity contribution in [1.82, 2.24) is 0 Å². The predicted molar refractivity (Wildman–Crippen MR) is 53.1 cm³/mol. The van der Waals surface area contributed by atoms with Crippen LogP contribution in [0.4, 0.5) is 0 Å². The molecule has 0 spiro atoms. The first-order chi connectivity index (χ1) is 4.87. The highest BCUT2D eigenvalue weighted by atomic mass is 14.3. The Balaban J connectivity index is 4.26. The molecule has 0 fully saturated rings. The SMILES string of the molecule is [B]C(C)(CC)C(C)(C)CCC. The first-order valence-corrected chi connectivity index (χ1v) is 4.66. The molecule has 0 saturated heterocycles. The van der Waals surface area contributed by atoms with Gasteiger partial charge in [-0.25, -0.2) is 0 Å². The largest absolute Gasteiger partial charge is 0.0749 e. The maximum atomic E-state index is 6.18. The third kappa shape index (κ3) is 2.54. The van der Waals surface area contributed by atoms with Gasteiger partial charge >= 0.3 is 0 Å². The molecule has 0 heterocycles. The minimum atomic E-state index is -0.0109. The minimum Gasteiger partial charge on any atom is -0.0671 e. The van der Waals surface area contributed by atoms with E-state index in [1.54, 1.807) is 0 Å². The van der Waals surface area contributed by atoms with E-state index in [1.165, 1.54) is 12.8 Å². The normalized spacial score (nSPS) is 17.9. The molecule has 0 aliphatic rings. The van der Waals surface area contributed by atoms with E-state index in [4.69, 9.17) is 7.85 Å². The summed E-state index contributed by atoms with van der Waals surface area (Å²) in [7, 11) is 6.18. The number of rotatable bonds is 4. The van der Waals surface area contributed by atoms with Crippen LogP contribution < -0.4 is 0 Å². The Morgan fingerprint density at radius 1 is 1.09 bits per heavy atom. The van der Waals surface area contributed by atoms with E-state index < -0.39 is 0 Å². The van der Waals surface area contributed by atoms with Crippen molar-refractivity contribution in [3.8, 4) is 0 Å². The maximum absolute atomic E-state index is 6.18. The van der Waals surface area contributed by atoms with Gasteiger partial charge < -0.3 is 0 Å². The molecule has 64 valence electrons. The topological polar surface area (TPSA) is 0 Å². The predicted octanol–water partition coefficient (Wildman–Crippen LogP) is 3.57. The highest BCUT2D eigenvalue weighted by Crippen LogP contribution is 2.48. The zero-order valence-corrected chi connectivity index (χ0v) is 8.70. The molecule has 0 rings (SSSR count). The second-order valence-electron chi connectivity index (χ2n) is 4.40. The molecular formula is C10H21B. The van der Waals surface area contributed by atoms with Crippen LogP contribution >= 0.6 is 0 Å². The molecule has 0 N–H and O–H groups in total. The fourth-order valence-corrected chi connectivity index (χ4v) is 1.39. The van der Waals surface area contributed by atoms with Gasteiger partial charge in [0.25, 0.3) is 0 Å². The third-order valence-electron chi connectivity index (χ3n) is 3.16. The van der Waals surface area contributed by atoms with Crippen molar-refractivity contribution in [1.29, 1.82) is 0 Å². The number of hydrogen-bond acceptors (Lipinski definition) is 0. The molecule has 0 aromatic heterocycles. The maximum Gasteiger partial charge on any atom is 0.0749 e. The summed E-state index contributed by atoms with van der Waals surface area (Å²) in [6, 6.07) is 0. The van der Waals surface area contributed by atoms with Crippen LogP contribution in [0.1, 0.15) is 53.9 Å². The van der Waals surface area contributed by atoms with Gasteiger partial charge in [-0.05, 0) is 11.8 Å². The molecule has 0 bridgehead atoms. The minimum absolute atomic E-state index is 0.0109. The van der Waals surface area contributed by atoms with Gasteiger partial charge in [-0.3, -0.25) is 0 Å². The summed E-state index contributed by atoms with van der Waals surface area (Å²) in [5.41, 5.74) is 0.274. The lowest BCUT2D eigenvalue weighted by Crippen LogP contribution is -2.28. The van der Waals surface area contributed by atoms with Crippen LogP contribution in [0.5, 0.6) is 0 Å². The van der Waals surface area contributed by atoms with E-state index in [2.05, 4.69) is 34.6 Å². The summed E-state index contributed by atoms with van der Waals surface area (Å²) in [6.07, 6.45) is 3.49. The van der Waals surface area contributed by atoms with Crippen molar-refractivity contribution >= 4 is 7.85 Å². The van der Waals surface area contributed by atoms with Crippen LogP contribution in [0.15, 0.2) is 0 Å². The van der Waals surface area contributed by atoms with Crippen molar-refractivity contribution in [2.45, 2.75) is 59.2 Å². The van der Waals surface area contributed by atoms with Crippen LogP contribution in [-0.4, -0.2) is 7.85 Å². The lowest BCUT2D eigenvalue weighted by Gasteiger charge is -2.42. The average Bonchev–Trinajstić information content (AvgIpc) is 1.87. The fraction of sp³-hybridized carbons (Fsp3) is 1.00. The number of hydrogen-bond donors (Lipinski definition) is 0. The zero-order chi connectivity index (χ0) is 9.12. The van der Waals surface area contributed by atoms with Crippen LogP contribution in [0.3, 0.4) is 0 Å². The Kier molecular flexibility index (Phi) is 3.67. The van der Waals surface area contributed by atoms with Crippen molar-refractivity contribution < 1.29 is 0 Å². The van der Waals surface area contributed by atoms with Crippen LogP contribution in [0, 0.1) is 5.41 Å². The average molecular weight is 152 g/mol. The molecule has 1 heteroatoms. The molecule has 0 saturated carbocycles. The third-order valence-corrected chi connectivity index (χ3v) is 3.16. The Labute approximate surface area is 73.2 Å². The fourth-order valence-electron chi connectivity index (χ4n) is 1.39. The van der Waals surface area contributed by atoms with Crippen LogP contribution in [0.25, 0.3) is 0 Å². The Bertz CT molecular complexity index is 114. The Morgan fingerprint density at radius 3 is 1.82 bits per heavy atom. The van der Waals surface area contributed by atoms with Gasteiger partial charge in [0.05, 0.1) is 7.85 Å². The van der Waals surface area contributed by atoms with Crippen molar-refractivity contribution in [2.75, 3.05) is 0 Å². The lowest BCUT2D eigenvalue weighted by molar-refractivity contribution is 0.222. The van der Waals surface area contributed by atoms with Gasteiger partial charge in [0.2, 0.25) is 0 Å². The first kappa shape index (κ1) is 11.1. The molecule has 0 aromatic carbocycles. The molecule has 0 aromatic rings. The summed E-state index contributed by atoms with van der Waals surface area (Å²) in [5, 5.41) is -0.0109. The standard InChI is InChI=1S/C10H21B/c1-6-8-9(3,4)10(5,11)7-2/h6-8H2,1-5H3. The van der Waals surface area contributed by atoms with Gasteiger partial charge in [-0.15, -0.1) is 0 Å². The van der Waals surface area contributed by atoms with Gasteiger partial charge in [-0.1, -0.05) is 52.8 Å². The molecule has 11 heavy (non-hydrogen) atoms. The molecule has 0 aliphatic heterocycles. The summed E-state index contributed by atoms with van der Waals surface area (Å²) < 4.78 is 0. The molecule has 1 unspecified atom stereocenters. The monoisotopic (exact) mass is 152 g/mol. The van der Waals surface area contributed by atoms with Crippen molar-refractivity contribution in [2.24, 2.45) is 5.41 Å². The van der Waals surface area contributed by atoms with Gasteiger partial charge in [0, 0.05) is 0 Å². The van der Waals surface area contributed by atoms with E-state index in [-0.39, 0.29) is 10.7 Å². The molecular weight excluding hydrogens is 131 g/mol. The molecule has 2 radical (unpaired) electrons. The molecule has 1 atom stereocenters. The van der Waals surface area contributed by atoms with Crippen molar-refractivity contribution in [3.05, 3.63) is 0 Å². The summed E-state index contributed by atoms with van der Waals surface area (Å²) in [5.74, 6) is 0. The van der Waals surface area contributed by atoms with Gasteiger partial charge in [0.15, 0.2) is 0 Å². The molecule has 0 aliphatic carbocycles. The van der Waals surface area contributed by atoms with E-state index in [1.807, 2.05) is 0 Å². The quantitative estimate of drug-likeness (QED) is 0.540. The van der Waals surface area contributed by atoms with Gasteiger partial charge in [-0.2, -0.15) is 0 Å². The van der Waals surface area contributed by atoms with Gasteiger partial charge in [0.1, 0.15) is 0 Å². The first-order valence-electron chi connectivity index (χ1n) is 4.66. The summed E-state index contributed by atoms with van der Waals surface area (Å²) in [6.45, 7) is 11.1. The lowest BCUT2D eigenvalue weighted by atomic mass is 9.52. The van der Waals surface area contributed by atoms with Crippen LogP contribution in [0.2, 0.25) is 5.31 Å². The van der Waals surface area contributed by atoms with E-state index >= 15 is 0 Å². The zero-order valence-electron chi connectivity index (χ0n) is 8.70. The highest BCUT2D eigenvalue weighted by Gasteiger charge is 2.33. The second-order valence-corrected chi connectivity index (χ2v) is 4.40. The van der Waals surface area contributed by atoms with E-state index in [0.717, 1.165) is 6.42 Å². The van der Waals surface area contributed by atoms with Crippen LogP contribution in [-0.2, 0) is 0 Å². The van der Waals surface area contributed by atoms with Crippen molar-refractivity contribution in [3.63, 3.8) is 0 Å². The Hall–Kier alpha value is 0.0649. The molecule has 0 nitrogen and oxygen atoms in total.